The molecule has 0 fully saturated rings. The van der Waals surface area contributed by atoms with E-state index in [0.717, 1.165) is 0 Å². The molecule has 2 aromatic rings. The molecule has 0 aliphatic rings. The summed E-state index contributed by atoms with van der Waals surface area (Å²) in [4.78, 5) is 0.134. The van der Waals surface area contributed by atoms with Crippen molar-refractivity contribution in [3.05, 3.63) is 58.9 Å². The third-order valence-electron chi connectivity index (χ3n) is 2.85. The van der Waals surface area contributed by atoms with Crippen molar-refractivity contribution in [2.24, 2.45) is 0 Å². The van der Waals surface area contributed by atoms with Gasteiger partial charge < -0.3 is 5.32 Å². The molecule has 0 unspecified atom stereocenters. The van der Waals surface area contributed by atoms with Crippen LogP contribution >= 0.6 is 11.6 Å². The minimum atomic E-state index is -3.56. The number of halogens is 2. The van der Waals surface area contributed by atoms with Gasteiger partial charge in [-0.3, -0.25) is 0 Å². The number of rotatable bonds is 5. The summed E-state index contributed by atoms with van der Waals surface area (Å²) in [7, 11) is -2.22. The number of hydrogen-bond donors (Lipinski definition) is 2. The fourth-order valence-electron chi connectivity index (χ4n) is 1.87. The Morgan fingerprint density at radius 2 is 1.90 bits per heavy atom. The molecule has 0 radical (unpaired) electrons. The summed E-state index contributed by atoms with van der Waals surface area (Å²) >= 11 is 5.78. The van der Waals surface area contributed by atoms with Crippen LogP contribution < -0.4 is 10.0 Å². The number of benzene rings is 2. The zero-order valence-electron chi connectivity index (χ0n) is 11.2. The third kappa shape index (κ3) is 3.93. The highest BCUT2D eigenvalue weighted by Gasteiger charge is 2.15. The first kappa shape index (κ1) is 15.8. The lowest BCUT2D eigenvalue weighted by Gasteiger charge is -2.12. The summed E-state index contributed by atoms with van der Waals surface area (Å²) in [5.41, 5.74) is 1.06. The molecule has 0 bridgehead atoms. The van der Waals surface area contributed by atoms with Crippen LogP contribution in [0.5, 0.6) is 0 Å². The van der Waals surface area contributed by atoms with E-state index in [1.165, 1.54) is 25.2 Å². The van der Waals surface area contributed by atoms with Crippen molar-refractivity contribution >= 4 is 27.3 Å². The summed E-state index contributed by atoms with van der Waals surface area (Å²) in [6.07, 6.45) is 0. The fourth-order valence-corrected chi connectivity index (χ4v) is 3.02. The van der Waals surface area contributed by atoms with E-state index in [4.69, 9.17) is 11.6 Å². The normalized spacial score (nSPS) is 11.4. The van der Waals surface area contributed by atoms with Gasteiger partial charge in [0, 0.05) is 11.6 Å². The molecule has 112 valence electrons. The second-order valence-corrected chi connectivity index (χ2v) is 6.63. The van der Waals surface area contributed by atoms with E-state index in [0.29, 0.717) is 16.3 Å². The van der Waals surface area contributed by atoms with Gasteiger partial charge in [-0.15, -0.1) is 0 Å². The van der Waals surface area contributed by atoms with Crippen LogP contribution in [0, 0.1) is 5.82 Å². The van der Waals surface area contributed by atoms with Crippen LogP contribution in [0.2, 0.25) is 5.02 Å². The van der Waals surface area contributed by atoms with Crippen molar-refractivity contribution in [1.82, 2.24) is 4.72 Å². The molecule has 0 amide bonds. The van der Waals surface area contributed by atoms with E-state index < -0.39 is 15.8 Å². The van der Waals surface area contributed by atoms with Crippen molar-refractivity contribution in [3.63, 3.8) is 0 Å². The summed E-state index contributed by atoms with van der Waals surface area (Å²) in [6, 6.07) is 10.7. The van der Waals surface area contributed by atoms with Crippen molar-refractivity contribution in [2.45, 2.75) is 11.4 Å². The van der Waals surface area contributed by atoms with Gasteiger partial charge in [0.1, 0.15) is 10.7 Å². The van der Waals surface area contributed by atoms with Crippen molar-refractivity contribution in [2.75, 3.05) is 12.4 Å². The summed E-state index contributed by atoms with van der Waals surface area (Å²) in [5, 5.41) is 3.27. The van der Waals surface area contributed by atoms with Gasteiger partial charge in [0.05, 0.1) is 5.69 Å². The summed E-state index contributed by atoms with van der Waals surface area (Å²) in [6.45, 7) is 0.258. The van der Waals surface area contributed by atoms with Crippen LogP contribution in [0.25, 0.3) is 0 Å². The molecule has 0 aliphatic carbocycles. The molecule has 0 saturated carbocycles. The monoisotopic (exact) mass is 328 g/mol. The van der Waals surface area contributed by atoms with Gasteiger partial charge in [0.25, 0.3) is 0 Å². The molecule has 0 heterocycles. The second-order valence-electron chi connectivity index (χ2n) is 4.33. The van der Waals surface area contributed by atoms with Gasteiger partial charge in [0.15, 0.2) is 0 Å². The van der Waals surface area contributed by atoms with Crippen molar-refractivity contribution in [1.29, 1.82) is 0 Å². The predicted octanol–water partition coefficient (Wildman–Crippen LogP) is 3.00. The molecular formula is C14H14ClFN2O2S. The van der Waals surface area contributed by atoms with Crippen LogP contribution in [0.1, 0.15) is 5.56 Å². The maximum atomic E-state index is 13.3. The third-order valence-corrected chi connectivity index (χ3v) is 4.54. The van der Waals surface area contributed by atoms with Gasteiger partial charge in [-0.1, -0.05) is 23.7 Å². The maximum Gasteiger partial charge on any atom is 0.242 e. The number of anilines is 1. The Bertz CT molecular complexity index is 730. The summed E-state index contributed by atoms with van der Waals surface area (Å²) < 4.78 is 39.3. The van der Waals surface area contributed by atoms with E-state index >= 15 is 0 Å². The Morgan fingerprint density at radius 1 is 1.19 bits per heavy atom. The summed E-state index contributed by atoms with van der Waals surface area (Å²) in [5.74, 6) is -0.435. The molecular weight excluding hydrogens is 315 g/mol. The molecule has 4 nitrogen and oxygen atoms in total. The number of sulfonamides is 1. The van der Waals surface area contributed by atoms with Crippen LogP contribution in [0.4, 0.5) is 10.1 Å². The molecule has 0 spiro atoms. The van der Waals surface area contributed by atoms with Gasteiger partial charge in [-0.05, 0) is 42.9 Å². The highest BCUT2D eigenvalue weighted by molar-refractivity contribution is 7.89. The minimum absolute atomic E-state index is 0.134. The number of para-hydroxylation sites is 1. The molecule has 0 atom stereocenters. The van der Waals surface area contributed by atoms with Gasteiger partial charge in [-0.25, -0.2) is 17.5 Å². The molecule has 2 N–H and O–H groups in total. The van der Waals surface area contributed by atoms with Gasteiger partial charge in [-0.2, -0.15) is 0 Å². The quantitative estimate of drug-likeness (QED) is 0.887. The topological polar surface area (TPSA) is 58.2 Å². The molecule has 21 heavy (non-hydrogen) atoms. The van der Waals surface area contributed by atoms with E-state index in [-0.39, 0.29) is 11.4 Å². The zero-order chi connectivity index (χ0) is 15.5. The highest BCUT2D eigenvalue weighted by Crippen LogP contribution is 2.22. The first-order valence-electron chi connectivity index (χ1n) is 6.14. The Hall–Kier alpha value is -1.63. The molecule has 0 saturated heterocycles. The van der Waals surface area contributed by atoms with Crippen LogP contribution in [0.3, 0.4) is 0 Å². The van der Waals surface area contributed by atoms with E-state index in [1.54, 1.807) is 24.3 Å². The smallest absolute Gasteiger partial charge is 0.242 e. The van der Waals surface area contributed by atoms with E-state index in [1.807, 2.05) is 0 Å². The average Bonchev–Trinajstić information content (AvgIpc) is 2.44. The standard InChI is InChI=1S/C14H14ClFN2O2S/c1-17-21(19,20)14-5-3-2-4-13(14)18-9-10-6-11(15)8-12(16)7-10/h2-8,17-18H,9H2,1H3. The molecule has 0 aromatic heterocycles. The van der Waals surface area contributed by atoms with Crippen LogP contribution in [-0.4, -0.2) is 15.5 Å². The Labute approximate surface area is 128 Å². The largest absolute Gasteiger partial charge is 0.380 e. The van der Waals surface area contributed by atoms with Gasteiger partial charge in [0.2, 0.25) is 10.0 Å². The Balaban J connectivity index is 2.25. The van der Waals surface area contributed by atoms with E-state index in [2.05, 4.69) is 10.0 Å². The lowest BCUT2D eigenvalue weighted by molar-refractivity contribution is 0.588. The van der Waals surface area contributed by atoms with Crippen molar-refractivity contribution < 1.29 is 12.8 Å². The Kier molecular flexibility index (Phi) is 4.82. The number of nitrogens with one attached hydrogen (secondary N) is 2. The van der Waals surface area contributed by atoms with Crippen molar-refractivity contribution in [3.8, 4) is 0 Å². The first-order chi connectivity index (χ1) is 9.92. The molecule has 2 aromatic carbocycles. The van der Waals surface area contributed by atoms with Crippen LogP contribution in [-0.2, 0) is 16.6 Å². The van der Waals surface area contributed by atoms with Gasteiger partial charge >= 0.3 is 0 Å². The highest BCUT2D eigenvalue weighted by atomic mass is 35.5. The minimum Gasteiger partial charge on any atom is -0.380 e. The van der Waals surface area contributed by atoms with E-state index in [9.17, 15) is 12.8 Å². The molecule has 2 rings (SSSR count). The Morgan fingerprint density at radius 3 is 2.57 bits per heavy atom. The van der Waals surface area contributed by atoms with Crippen LogP contribution in [0.15, 0.2) is 47.4 Å². The molecule has 7 heteroatoms. The average molecular weight is 329 g/mol. The zero-order valence-corrected chi connectivity index (χ0v) is 12.8. The number of hydrogen-bond acceptors (Lipinski definition) is 3. The lowest BCUT2D eigenvalue weighted by atomic mass is 10.2. The molecule has 0 aliphatic heterocycles. The SMILES string of the molecule is CNS(=O)(=O)c1ccccc1NCc1cc(F)cc(Cl)c1. The second kappa shape index (κ2) is 6.43. The predicted molar refractivity (Wildman–Crippen MR) is 81.4 cm³/mol. The lowest BCUT2D eigenvalue weighted by Crippen LogP contribution is -2.20. The first-order valence-corrected chi connectivity index (χ1v) is 8.00. The fraction of sp³-hybridized carbons (Fsp3) is 0.143. The maximum absolute atomic E-state index is 13.3.